The summed E-state index contributed by atoms with van der Waals surface area (Å²) in [6.07, 6.45) is 1.42. The fourth-order valence-corrected chi connectivity index (χ4v) is 3.75. The minimum Gasteiger partial charge on any atom is -0.399 e. The predicted molar refractivity (Wildman–Crippen MR) is 81.7 cm³/mol. The second-order valence-corrected chi connectivity index (χ2v) is 7.03. The number of thiazole rings is 1. The molecule has 2 heterocycles. The van der Waals surface area contributed by atoms with Crippen molar-refractivity contribution < 1.29 is 8.42 Å². The lowest BCUT2D eigenvalue weighted by molar-refractivity contribution is 0.581. The van der Waals surface area contributed by atoms with Crippen LogP contribution in [-0.2, 0) is 16.6 Å². The maximum Gasteiger partial charge on any atom is 0.304 e. The molecule has 21 heavy (non-hydrogen) atoms. The SMILES string of the molecule is Nc1ccc2c(S(=O)(=O)NCc3csc(=O)[nH]3)c[nH]c2c1. The van der Waals surface area contributed by atoms with Crippen molar-refractivity contribution in [3.63, 3.8) is 0 Å². The van der Waals surface area contributed by atoms with Crippen LogP contribution in [0.4, 0.5) is 5.69 Å². The molecule has 110 valence electrons. The van der Waals surface area contributed by atoms with Crippen LogP contribution in [0.2, 0.25) is 0 Å². The highest BCUT2D eigenvalue weighted by atomic mass is 32.2. The number of nitrogens with two attached hydrogens (primary N) is 1. The number of aromatic amines is 2. The first-order valence-corrected chi connectivity index (χ1v) is 8.35. The van der Waals surface area contributed by atoms with Crippen LogP contribution in [-0.4, -0.2) is 18.4 Å². The Kier molecular flexibility index (Phi) is 3.32. The lowest BCUT2D eigenvalue weighted by Crippen LogP contribution is -2.23. The average Bonchev–Trinajstić information content (AvgIpc) is 3.02. The van der Waals surface area contributed by atoms with Gasteiger partial charge in [-0.25, -0.2) is 13.1 Å². The number of hydrogen-bond acceptors (Lipinski definition) is 5. The maximum absolute atomic E-state index is 12.3. The lowest BCUT2D eigenvalue weighted by atomic mass is 10.2. The molecule has 0 bridgehead atoms. The van der Waals surface area contributed by atoms with Gasteiger partial charge in [0.1, 0.15) is 4.90 Å². The minimum atomic E-state index is -3.68. The molecule has 5 N–H and O–H groups in total. The molecule has 3 rings (SSSR count). The van der Waals surface area contributed by atoms with E-state index in [4.69, 9.17) is 5.73 Å². The summed E-state index contributed by atoms with van der Waals surface area (Å²) in [6, 6.07) is 4.97. The number of nitrogens with one attached hydrogen (secondary N) is 3. The molecule has 0 aliphatic rings. The Morgan fingerprint density at radius 3 is 2.86 bits per heavy atom. The Bertz CT molecular complexity index is 952. The van der Waals surface area contributed by atoms with Crippen molar-refractivity contribution in [2.24, 2.45) is 0 Å². The summed E-state index contributed by atoms with van der Waals surface area (Å²) in [5, 5.41) is 2.15. The highest BCUT2D eigenvalue weighted by Gasteiger charge is 2.19. The first-order valence-electron chi connectivity index (χ1n) is 5.99. The molecule has 0 spiro atoms. The fraction of sp³-hybridized carbons (Fsp3) is 0.0833. The van der Waals surface area contributed by atoms with Gasteiger partial charge in [0.25, 0.3) is 0 Å². The molecular formula is C12H12N4O3S2. The highest BCUT2D eigenvalue weighted by molar-refractivity contribution is 7.89. The number of aromatic nitrogens is 2. The van der Waals surface area contributed by atoms with E-state index in [1.807, 2.05) is 0 Å². The Morgan fingerprint density at radius 1 is 1.33 bits per heavy atom. The van der Waals surface area contributed by atoms with E-state index in [-0.39, 0.29) is 16.3 Å². The standard InChI is InChI=1S/C12H12N4O3S2/c13-7-1-2-9-10(3-7)14-5-11(9)21(18,19)15-4-8-6-20-12(17)16-8/h1-3,5-6,14-15H,4,13H2,(H,16,17). The minimum absolute atomic E-state index is 0.0305. The van der Waals surface area contributed by atoms with Gasteiger partial charge < -0.3 is 15.7 Å². The summed E-state index contributed by atoms with van der Waals surface area (Å²) in [5.74, 6) is 0. The number of rotatable bonds is 4. The zero-order chi connectivity index (χ0) is 15.0. The lowest BCUT2D eigenvalue weighted by Gasteiger charge is -2.04. The smallest absolute Gasteiger partial charge is 0.304 e. The van der Waals surface area contributed by atoms with Crippen molar-refractivity contribution in [2.75, 3.05) is 5.73 Å². The number of fused-ring (bicyclic) bond motifs is 1. The van der Waals surface area contributed by atoms with Gasteiger partial charge in [-0.1, -0.05) is 11.3 Å². The Balaban J connectivity index is 1.91. The van der Waals surface area contributed by atoms with Crippen molar-refractivity contribution in [1.82, 2.24) is 14.7 Å². The number of sulfonamides is 1. The van der Waals surface area contributed by atoms with Gasteiger partial charge in [-0.3, -0.25) is 4.79 Å². The molecule has 0 aliphatic heterocycles. The van der Waals surface area contributed by atoms with Gasteiger partial charge in [-0.15, -0.1) is 0 Å². The van der Waals surface area contributed by atoms with Gasteiger partial charge in [0.15, 0.2) is 0 Å². The molecule has 0 amide bonds. The van der Waals surface area contributed by atoms with E-state index in [0.717, 1.165) is 11.3 Å². The largest absolute Gasteiger partial charge is 0.399 e. The summed E-state index contributed by atoms with van der Waals surface area (Å²) in [6.45, 7) is 0.0305. The van der Waals surface area contributed by atoms with E-state index >= 15 is 0 Å². The van der Waals surface area contributed by atoms with Crippen LogP contribution >= 0.6 is 11.3 Å². The van der Waals surface area contributed by atoms with E-state index in [9.17, 15) is 13.2 Å². The van der Waals surface area contributed by atoms with E-state index in [1.54, 1.807) is 23.6 Å². The van der Waals surface area contributed by atoms with Gasteiger partial charge in [0.2, 0.25) is 10.0 Å². The molecule has 0 radical (unpaired) electrons. The molecular weight excluding hydrogens is 312 g/mol. The van der Waals surface area contributed by atoms with Crippen LogP contribution in [0, 0.1) is 0 Å². The van der Waals surface area contributed by atoms with Gasteiger partial charge >= 0.3 is 4.87 Å². The molecule has 0 saturated heterocycles. The molecule has 7 nitrogen and oxygen atoms in total. The Labute approximate surface area is 123 Å². The van der Waals surface area contributed by atoms with Crippen LogP contribution in [0.25, 0.3) is 10.9 Å². The average molecular weight is 324 g/mol. The van der Waals surface area contributed by atoms with Gasteiger partial charge in [0.05, 0.1) is 6.54 Å². The fourth-order valence-electron chi connectivity index (χ4n) is 1.99. The third-order valence-corrected chi connectivity index (χ3v) is 5.14. The van der Waals surface area contributed by atoms with Crippen molar-refractivity contribution in [2.45, 2.75) is 11.4 Å². The van der Waals surface area contributed by atoms with Gasteiger partial charge in [-0.2, -0.15) is 0 Å². The van der Waals surface area contributed by atoms with Crippen LogP contribution in [0.3, 0.4) is 0 Å². The molecule has 3 aromatic rings. The second-order valence-electron chi connectivity index (χ2n) is 4.46. The van der Waals surface area contributed by atoms with E-state index in [0.29, 0.717) is 22.3 Å². The topological polar surface area (TPSA) is 121 Å². The molecule has 1 aromatic carbocycles. The van der Waals surface area contributed by atoms with Crippen LogP contribution in [0.1, 0.15) is 5.69 Å². The monoisotopic (exact) mass is 324 g/mol. The third-order valence-electron chi connectivity index (χ3n) is 2.98. The van der Waals surface area contributed by atoms with Crippen molar-refractivity contribution in [3.8, 4) is 0 Å². The van der Waals surface area contributed by atoms with Crippen molar-refractivity contribution in [1.29, 1.82) is 0 Å². The first-order chi connectivity index (χ1) is 9.95. The van der Waals surface area contributed by atoms with Crippen molar-refractivity contribution >= 4 is 38.0 Å². The third kappa shape index (κ3) is 2.71. The van der Waals surface area contributed by atoms with Crippen molar-refractivity contribution in [3.05, 3.63) is 45.1 Å². The van der Waals surface area contributed by atoms with Crippen LogP contribution in [0.15, 0.2) is 39.5 Å². The Morgan fingerprint density at radius 2 is 2.14 bits per heavy atom. The molecule has 0 aliphatic carbocycles. The summed E-state index contributed by atoms with van der Waals surface area (Å²) < 4.78 is 27.1. The zero-order valence-corrected chi connectivity index (χ0v) is 12.3. The first kappa shape index (κ1) is 13.9. The number of nitrogen functional groups attached to an aromatic ring is 1. The van der Waals surface area contributed by atoms with Crippen LogP contribution < -0.4 is 15.3 Å². The highest BCUT2D eigenvalue weighted by Crippen LogP contribution is 2.24. The molecule has 0 fully saturated rings. The summed E-state index contributed by atoms with van der Waals surface area (Å²) in [7, 11) is -3.68. The van der Waals surface area contributed by atoms with Crippen LogP contribution in [0.5, 0.6) is 0 Å². The number of benzene rings is 1. The molecule has 2 aromatic heterocycles. The molecule has 0 unspecified atom stereocenters. The quantitative estimate of drug-likeness (QED) is 0.534. The van der Waals surface area contributed by atoms with E-state index in [2.05, 4.69) is 14.7 Å². The number of H-pyrrole nitrogens is 2. The molecule has 0 saturated carbocycles. The number of hydrogen-bond donors (Lipinski definition) is 4. The Hall–Kier alpha value is -2.10. The van der Waals surface area contributed by atoms with Gasteiger partial charge in [-0.05, 0) is 18.2 Å². The zero-order valence-electron chi connectivity index (χ0n) is 10.7. The second kappa shape index (κ2) is 5.02. The van der Waals surface area contributed by atoms with E-state index < -0.39 is 10.0 Å². The molecule has 9 heteroatoms. The van der Waals surface area contributed by atoms with Gasteiger partial charge in [0, 0.05) is 33.9 Å². The summed E-state index contributed by atoms with van der Waals surface area (Å²) >= 11 is 0.991. The molecule has 0 atom stereocenters. The predicted octanol–water partition coefficient (Wildman–Crippen LogP) is 0.978. The van der Waals surface area contributed by atoms with E-state index in [1.165, 1.54) is 6.20 Å². The maximum atomic E-state index is 12.3. The normalized spacial score (nSPS) is 12.0. The summed E-state index contributed by atoms with van der Waals surface area (Å²) in [4.78, 5) is 16.4. The number of anilines is 1. The summed E-state index contributed by atoms with van der Waals surface area (Å²) in [5.41, 5.74) is 7.39.